The molecule has 0 rings (SSSR count). The molecule has 0 radical (unpaired) electrons. The van der Waals surface area contributed by atoms with E-state index in [1.54, 1.807) is 0 Å². The smallest absolute Gasteiger partial charge is 0.316 e. The van der Waals surface area contributed by atoms with Gasteiger partial charge in [-0.15, -0.1) is 0 Å². The lowest BCUT2D eigenvalue weighted by Gasteiger charge is -1.96. The average molecular weight is 169 g/mol. The normalized spacial score (nSPS) is 12.6. The molecule has 60 valence electrons. The summed E-state index contributed by atoms with van der Waals surface area (Å²) in [5.74, 6) is -0.650. The summed E-state index contributed by atoms with van der Waals surface area (Å²) in [4.78, 5) is 18.2. The minimum absolute atomic E-state index is 0.131. The first kappa shape index (κ1) is 9.58. The van der Waals surface area contributed by atoms with Gasteiger partial charge in [0.1, 0.15) is 0 Å². The summed E-state index contributed by atoms with van der Waals surface area (Å²) in [6, 6.07) is 0. The van der Waals surface area contributed by atoms with Crippen molar-refractivity contribution in [2.24, 2.45) is 0 Å². The highest BCUT2D eigenvalue weighted by molar-refractivity contribution is 7.32. The van der Waals surface area contributed by atoms with Gasteiger partial charge >= 0.3 is 8.25 Å². The van der Waals surface area contributed by atoms with E-state index in [0.29, 0.717) is 0 Å². The number of rotatable bonds is 4. The van der Waals surface area contributed by atoms with Crippen LogP contribution in [0.5, 0.6) is 0 Å². The molecule has 3 N–H and O–H groups in total. The molecule has 1 amide bonds. The van der Waals surface area contributed by atoms with Crippen molar-refractivity contribution in [3.8, 4) is 0 Å². The first-order valence-electron chi connectivity index (χ1n) is 2.45. The zero-order valence-electron chi connectivity index (χ0n) is 5.03. The average Bonchev–Trinajstić information content (AvgIpc) is 1.87. The predicted octanol–water partition coefficient (Wildman–Crippen LogP) is -0.720. The molecule has 1 unspecified atom stereocenters. The summed E-state index contributed by atoms with van der Waals surface area (Å²) < 4.78 is 14.0. The molecule has 0 bridgehead atoms. The molecule has 0 heterocycles. The Morgan fingerprint density at radius 1 is 1.70 bits per heavy atom. The zero-order chi connectivity index (χ0) is 7.98. The largest absolute Gasteiger partial charge is 0.326 e. The first-order chi connectivity index (χ1) is 4.66. The van der Waals surface area contributed by atoms with Crippen LogP contribution in [-0.4, -0.2) is 22.6 Å². The Morgan fingerprint density at radius 3 is 2.70 bits per heavy atom. The van der Waals surface area contributed by atoms with E-state index in [9.17, 15) is 9.36 Å². The molecule has 0 aliphatic heterocycles. The molecule has 0 aromatic rings. The van der Waals surface area contributed by atoms with Gasteiger partial charge in [-0.05, 0) is 0 Å². The number of hydroxylamine groups is 1. The maximum atomic E-state index is 10.2. The SMILES string of the molecule is O=C(CCO[PH](=O)O)NO. The van der Waals surface area contributed by atoms with Crippen molar-refractivity contribution in [1.82, 2.24) is 5.48 Å². The van der Waals surface area contributed by atoms with E-state index in [4.69, 9.17) is 10.1 Å². The minimum Gasteiger partial charge on any atom is -0.326 e. The molecule has 0 aromatic carbocycles. The summed E-state index contributed by atoms with van der Waals surface area (Å²) in [6.07, 6.45) is -0.131. The van der Waals surface area contributed by atoms with E-state index in [1.807, 2.05) is 0 Å². The minimum atomic E-state index is -2.95. The Kier molecular flexibility index (Phi) is 5.15. The quantitative estimate of drug-likeness (QED) is 0.293. The van der Waals surface area contributed by atoms with Crippen molar-refractivity contribution in [3.63, 3.8) is 0 Å². The maximum Gasteiger partial charge on any atom is 0.316 e. The number of nitrogens with one attached hydrogen (secondary N) is 1. The third-order valence-electron chi connectivity index (χ3n) is 0.679. The molecule has 0 saturated carbocycles. The van der Waals surface area contributed by atoms with Crippen molar-refractivity contribution < 1.29 is 24.0 Å². The Balaban J connectivity index is 3.20. The van der Waals surface area contributed by atoms with Gasteiger partial charge in [-0.25, -0.2) is 5.48 Å². The van der Waals surface area contributed by atoms with Crippen LogP contribution in [-0.2, 0) is 13.9 Å². The highest BCUT2D eigenvalue weighted by atomic mass is 31.1. The van der Waals surface area contributed by atoms with Crippen LogP contribution in [0.15, 0.2) is 0 Å². The van der Waals surface area contributed by atoms with Gasteiger partial charge in [-0.2, -0.15) is 0 Å². The van der Waals surface area contributed by atoms with E-state index >= 15 is 0 Å². The van der Waals surface area contributed by atoms with E-state index in [2.05, 4.69) is 4.52 Å². The number of carbonyl (C=O) groups is 1. The Labute approximate surface area is 57.7 Å². The van der Waals surface area contributed by atoms with Crippen molar-refractivity contribution in [2.45, 2.75) is 6.42 Å². The molecule has 7 heteroatoms. The maximum absolute atomic E-state index is 10.2. The monoisotopic (exact) mass is 169 g/mol. The number of hydrogen-bond acceptors (Lipinski definition) is 4. The van der Waals surface area contributed by atoms with Gasteiger partial charge in [-0.1, -0.05) is 0 Å². The van der Waals surface area contributed by atoms with Gasteiger partial charge in [0.05, 0.1) is 13.0 Å². The van der Waals surface area contributed by atoms with Gasteiger partial charge in [-0.3, -0.25) is 14.6 Å². The van der Waals surface area contributed by atoms with Crippen molar-refractivity contribution >= 4 is 14.2 Å². The second-order valence-corrected chi connectivity index (χ2v) is 2.22. The van der Waals surface area contributed by atoms with Crippen LogP contribution in [0.2, 0.25) is 0 Å². The van der Waals surface area contributed by atoms with Gasteiger partial charge in [0.15, 0.2) is 0 Å². The second kappa shape index (κ2) is 5.37. The molecule has 1 atom stereocenters. The predicted molar refractivity (Wildman–Crippen MR) is 31.7 cm³/mol. The van der Waals surface area contributed by atoms with Crippen molar-refractivity contribution in [3.05, 3.63) is 0 Å². The molecular weight excluding hydrogens is 161 g/mol. The lowest BCUT2D eigenvalue weighted by atomic mass is 10.4. The van der Waals surface area contributed by atoms with E-state index in [0.717, 1.165) is 0 Å². The topological polar surface area (TPSA) is 95.9 Å². The van der Waals surface area contributed by atoms with Crippen LogP contribution in [0.4, 0.5) is 0 Å². The van der Waals surface area contributed by atoms with E-state index < -0.39 is 14.2 Å². The second-order valence-electron chi connectivity index (χ2n) is 1.40. The zero-order valence-corrected chi connectivity index (χ0v) is 6.03. The fourth-order valence-corrected chi connectivity index (χ4v) is 0.564. The molecule has 0 aromatic heterocycles. The highest BCUT2D eigenvalue weighted by Gasteiger charge is 1.98. The number of hydrogen-bond donors (Lipinski definition) is 3. The molecule has 0 aliphatic rings. The van der Waals surface area contributed by atoms with Gasteiger partial charge in [0, 0.05) is 0 Å². The third-order valence-corrected chi connectivity index (χ3v) is 1.13. The van der Waals surface area contributed by atoms with Crippen LogP contribution in [0.1, 0.15) is 6.42 Å². The van der Waals surface area contributed by atoms with Crippen molar-refractivity contribution in [1.29, 1.82) is 0 Å². The summed E-state index contributed by atoms with van der Waals surface area (Å²) in [5, 5.41) is 7.91. The van der Waals surface area contributed by atoms with Crippen LogP contribution in [0.25, 0.3) is 0 Å². The van der Waals surface area contributed by atoms with Gasteiger partial charge in [0.2, 0.25) is 5.91 Å². The summed E-state index contributed by atoms with van der Waals surface area (Å²) in [7, 11) is -2.95. The van der Waals surface area contributed by atoms with E-state index in [-0.39, 0.29) is 13.0 Å². The fourth-order valence-electron chi connectivity index (χ4n) is 0.287. The molecule has 0 spiro atoms. The molecule has 0 aliphatic carbocycles. The Bertz CT molecular complexity index is 137. The van der Waals surface area contributed by atoms with Crippen LogP contribution in [0.3, 0.4) is 0 Å². The summed E-state index contributed by atoms with van der Waals surface area (Å²) in [6.45, 7) is -0.166. The third kappa shape index (κ3) is 5.71. The van der Waals surface area contributed by atoms with Gasteiger partial charge < -0.3 is 9.42 Å². The lowest BCUT2D eigenvalue weighted by Crippen LogP contribution is -2.19. The molecular formula is C3H8NO5P. The lowest BCUT2D eigenvalue weighted by molar-refractivity contribution is -0.129. The first-order valence-corrected chi connectivity index (χ1v) is 3.72. The highest BCUT2D eigenvalue weighted by Crippen LogP contribution is 2.13. The number of carbonyl (C=O) groups excluding carboxylic acids is 1. The summed E-state index contributed by atoms with van der Waals surface area (Å²) >= 11 is 0. The summed E-state index contributed by atoms with van der Waals surface area (Å²) in [5.41, 5.74) is 1.35. The molecule has 6 nitrogen and oxygen atoms in total. The molecule has 0 fully saturated rings. The fraction of sp³-hybridized carbons (Fsp3) is 0.667. The Hall–Kier alpha value is -0.420. The van der Waals surface area contributed by atoms with E-state index in [1.165, 1.54) is 5.48 Å². The van der Waals surface area contributed by atoms with Crippen molar-refractivity contribution in [2.75, 3.05) is 6.61 Å². The Morgan fingerprint density at radius 2 is 2.30 bits per heavy atom. The van der Waals surface area contributed by atoms with Crippen LogP contribution >= 0.6 is 8.25 Å². The molecule has 0 saturated heterocycles. The standard InChI is InChI=1S/C3H8NO5P/c5-3(4-6)1-2-9-10(7)8/h6,10H,1-2H2,(H,4,5)(H,7,8). The van der Waals surface area contributed by atoms with Crippen LogP contribution in [0, 0.1) is 0 Å². The molecule has 10 heavy (non-hydrogen) atoms. The van der Waals surface area contributed by atoms with Gasteiger partial charge in [0.25, 0.3) is 0 Å². The number of amides is 1. The van der Waals surface area contributed by atoms with Crippen LogP contribution < -0.4 is 5.48 Å².